The minimum atomic E-state index is -1.24. The highest BCUT2D eigenvalue weighted by Crippen LogP contribution is 2.44. The number of aliphatic carboxylic acids is 1. The van der Waals surface area contributed by atoms with Crippen molar-refractivity contribution in [1.82, 2.24) is 10.6 Å². The predicted molar refractivity (Wildman–Crippen MR) is 115 cm³/mol. The monoisotopic (exact) mass is 442 g/mol. The van der Waals surface area contributed by atoms with Crippen molar-refractivity contribution in [3.8, 4) is 11.1 Å². The summed E-state index contributed by atoms with van der Waals surface area (Å²) in [4.78, 5) is 35.0. The summed E-state index contributed by atoms with van der Waals surface area (Å²) in [6, 6.07) is 14.7. The minimum Gasteiger partial charge on any atom is -0.480 e. The lowest BCUT2D eigenvalue weighted by atomic mass is 9.98. The Balaban J connectivity index is 1.47. The van der Waals surface area contributed by atoms with Crippen molar-refractivity contribution in [1.29, 1.82) is 0 Å². The fourth-order valence-corrected chi connectivity index (χ4v) is 3.73. The van der Waals surface area contributed by atoms with E-state index >= 15 is 0 Å². The van der Waals surface area contributed by atoms with Gasteiger partial charge in [0.25, 0.3) is 0 Å². The number of rotatable bonds is 10. The molecule has 0 heterocycles. The number of carbonyl (C=O) groups is 3. The highest BCUT2D eigenvalue weighted by atomic mass is 16.5. The molecular weight excluding hydrogens is 416 g/mol. The molecule has 9 nitrogen and oxygen atoms in total. The summed E-state index contributed by atoms with van der Waals surface area (Å²) in [5, 5.41) is 23.7. The van der Waals surface area contributed by atoms with Crippen LogP contribution in [0.4, 0.5) is 4.79 Å². The van der Waals surface area contributed by atoms with Crippen molar-refractivity contribution in [3.05, 3.63) is 59.7 Å². The molecule has 0 radical (unpaired) electrons. The molecule has 1 aliphatic carbocycles. The molecule has 0 saturated heterocycles. The van der Waals surface area contributed by atoms with Gasteiger partial charge >= 0.3 is 12.1 Å². The topological polar surface area (TPSA) is 134 Å². The standard InChI is InChI=1S/C23H26N2O7/c1-31-13-20(22(28)29)25-21(27)10-14(26)11-24-23(30)32-12-19-17-8-4-2-6-15(17)16-7-3-5-9-18(16)19/h2-9,14,19-20,26H,10-13H2,1H3,(H,24,30)(H,25,27)(H,28,29). The van der Waals surface area contributed by atoms with Gasteiger partial charge in [0.05, 0.1) is 19.1 Å². The average Bonchev–Trinajstić information content (AvgIpc) is 3.09. The molecular formula is C23H26N2O7. The third-order valence-electron chi connectivity index (χ3n) is 5.21. The van der Waals surface area contributed by atoms with E-state index in [0.29, 0.717) is 0 Å². The van der Waals surface area contributed by atoms with Crippen LogP contribution in [0, 0.1) is 0 Å². The van der Waals surface area contributed by atoms with E-state index < -0.39 is 30.1 Å². The van der Waals surface area contributed by atoms with Crippen molar-refractivity contribution in [2.75, 3.05) is 26.9 Å². The third kappa shape index (κ3) is 5.63. The molecule has 2 aromatic rings. The fourth-order valence-electron chi connectivity index (χ4n) is 3.73. The maximum absolute atomic E-state index is 12.1. The van der Waals surface area contributed by atoms with Gasteiger partial charge in [0.1, 0.15) is 6.61 Å². The number of hydrogen-bond acceptors (Lipinski definition) is 6. The lowest BCUT2D eigenvalue weighted by Gasteiger charge is -2.17. The van der Waals surface area contributed by atoms with E-state index in [9.17, 15) is 19.5 Å². The van der Waals surface area contributed by atoms with Gasteiger partial charge in [-0.15, -0.1) is 0 Å². The number of carbonyl (C=O) groups excluding carboxylic acids is 2. The molecule has 0 saturated carbocycles. The summed E-state index contributed by atoms with van der Waals surface area (Å²) in [6.07, 6.45) is -2.29. The number of hydrogen-bond donors (Lipinski definition) is 4. The molecule has 2 atom stereocenters. The van der Waals surface area contributed by atoms with Crippen LogP contribution in [-0.2, 0) is 19.1 Å². The summed E-state index contributed by atoms with van der Waals surface area (Å²) >= 11 is 0. The van der Waals surface area contributed by atoms with Gasteiger partial charge in [-0.25, -0.2) is 9.59 Å². The van der Waals surface area contributed by atoms with Crippen molar-refractivity contribution in [2.24, 2.45) is 0 Å². The van der Waals surface area contributed by atoms with Crippen LogP contribution < -0.4 is 10.6 Å². The molecule has 2 aromatic carbocycles. The lowest BCUT2D eigenvalue weighted by Crippen LogP contribution is -2.45. The summed E-state index contributed by atoms with van der Waals surface area (Å²) < 4.78 is 10.1. The van der Waals surface area contributed by atoms with Crippen LogP contribution >= 0.6 is 0 Å². The van der Waals surface area contributed by atoms with E-state index in [1.807, 2.05) is 48.5 Å². The Hall–Kier alpha value is -3.43. The first kappa shape index (κ1) is 23.2. The molecule has 0 aromatic heterocycles. The second-order valence-electron chi connectivity index (χ2n) is 7.48. The zero-order chi connectivity index (χ0) is 23.1. The average molecular weight is 442 g/mol. The van der Waals surface area contributed by atoms with E-state index in [0.717, 1.165) is 22.3 Å². The maximum atomic E-state index is 12.1. The van der Waals surface area contributed by atoms with Crippen molar-refractivity contribution in [2.45, 2.75) is 24.5 Å². The lowest BCUT2D eigenvalue weighted by molar-refractivity contribution is -0.143. The Morgan fingerprint density at radius 1 is 1.03 bits per heavy atom. The number of aliphatic hydroxyl groups is 1. The number of amides is 2. The molecule has 0 bridgehead atoms. The first-order valence-corrected chi connectivity index (χ1v) is 10.2. The molecule has 4 N–H and O–H groups in total. The highest BCUT2D eigenvalue weighted by molar-refractivity contribution is 5.84. The fraction of sp³-hybridized carbons (Fsp3) is 0.348. The number of ether oxygens (including phenoxy) is 2. The van der Waals surface area contributed by atoms with Gasteiger partial charge in [-0.3, -0.25) is 4.79 Å². The van der Waals surface area contributed by atoms with Crippen molar-refractivity contribution >= 4 is 18.0 Å². The third-order valence-corrected chi connectivity index (χ3v) is 5.21. The SMILES string of the molecule is COCC(NC(=O)CC(O)CNC(=O)OCC1c2ccccc2-c2ccccc21)C(=O)O. The van der Waals surface area contributed by atoms with Gasteiger partial charge in [-0.05, 0) is 22.3 Å². The van der Waals surface area contributed by atoms with Crippen LogP contribution in [0.5, 0.6) is 0 Å². The summed E-state index contributed by atoms with van der Waals surface area (Å²) in [7, 11) is 1.31. The number of nitrogens with one attached hydrogen (secondary N) is 2. The largest absolute Gasteiger partial charge is 0.480 e. The van der Waals surface area contributed by atoms with Crippen LogP contribution in [-0.4, -0.2) is 67.2 Å². The van der Waals surface area contributed by atoms with Crippen LogP contribution in [0.3, 0.4) is 0 Å². The van der Waals surface area contributed by atoms with Crippen LogP contribution in [0.25, 0.3) is 11.1 Å². The molecule has 9 heteroatoms. The Bertz CT molecular complexity index is 933. The van der Waals surface area contributed by atoms with E-state index in [4.69, 9.17) is 14.6 Å². The van der Waals surface area contributed by atoms with Crippen LogP contribution in [0.2, 0.25) is 0 Å². The van der Waals surface area contributed by atoms with Crippen molar-refractivity contribution < 1.29 is 34.1 Å². The molecule has 32 heavy (non-hydrogen) atoms. The Labute approximate surface area is 185 Å². The van der Waals surface area contributed by atoms with Gasteiger partial charge in [-0.2, -0.15) is 0 Å². The van der Waals surface area contributed by atoms with Gasteiger partial charge in [-0.1, -0.05) is 48.5 Å². The molecule has 2 unspecified atom stereocenters. The van der Waals surface area contributed by atoms with E-state index in [-0.39, 0.29) is 32.1 Å². The number of aliphatic hydroxyl groups excluding tert-OH is 1. The first-order chi connectivity index (χ1) is 15.4. The number of alkyl carbamates (subject to hydrolysis) is 1. The Kier molecular flexibility index (Phi) is 7.80. The molecule has 0 spiro atoms. The Morgan fingerprint density at radius 2 is 1.62 bits per heavy atom. The zero-order valence-corrected chi connectivity index (χ0v) is 17.6. The van der Waals surface area contributed by atoms with Crippen LogP contribution in [0.15, 0.2) is 48.5 Å². The number of benzene rings is 2. The smallest absolute Gasteiger partial charge is 0.407 e. The molecule has 1 aliphatic rings. The first-order valence-electron chi connectivity index (χ1n) is 10.2. The van der Waals surface area contributed by atoms with E-state index in [1.54, 1.807) is 0 Å². The van der Waals surface area contributed by atoms with Crippen LogP contribution in [0.1, 0.15) is 23.5 Å². The summed E-state index contributed by atoms with van der Waals surface area (Å²) in [5.74, 6) is -2.00. The number of methoxy groups -OCH3 is 1. The van der Waals surface area contributed by atoms with Crippen molar-refractivity contribution in [3.63, 3.8) is 0 Å². The number of carboxylic acid groups (broad SMARTS) is 1. The quantitative estimate of drug-likeness (QED) is 0.438. The second-order valence-corrected chi connectivity index (χ2v) is 7.48. The maximum Gasteiger partial charge on any atom is 0.407 e. The molecule has 0 fully saturated rings. The normalized spacial score (nSPS) is 14.1. The van der Waals surface area contributed by atoms with Gasteiger partial charge in [0.2, 0.25) is 5.91 Å². The van der Waals surface area contributed by atoms with Gasteiger partial charge < -0.3 is 30.3 Å². The van der Waals surface area contributed by atoms with E-state index in [1.165, 1.54) is 7.11 Å². The number of carboxylic acids is 1. The molecule has 2 amide bonds. The number of fused-ring (bicyclic) bond motifs is 3. The zero-order valence-electron chi connectivity index (χ0n) is 17.6. The molecule has 3 rings (SSSR count). The minimum absolute atomic E-state index is 0.0856. The highest BCUT2D eigenvalue weighted by Gasteiger charge is 2.29. The second kappa shape index (κ2) is 10.7. The van der Waals surface area contributed by atoms with Gasteiger partial charge in [0, 0.05) is 19.6 Å². The molecule has 0 aliphatic heterocycles. The summed E-state index contributed by atoms with van der Waals surface area (Å²) in [6.45, 7) is -0.283. The predicted octanol–water partition coefficient (Wildman–Crippen LogP) is 1.49. The van der Waals surface area contributed by atoms with E-state index in [2.05, 4.69) is 10.6 Å². The Morgan fingerprint density at radius 3 is 2.19 bits per heavy atom. The molecule has 170 valence electrons. The van der Waals surface area contributed by atoms with Gasteiger partial charge in [0.15, 0.2) is 6.04 Å². The summed E-state index contributed by atoms with van der Waals surface area (Å²) in [5.41, 5.74) is 4.41.